The van der Waals surface area contributed by atoms with Crippen LogP contribution in [0.25, 0.3) is 0 Å². The Hall–Kier alpha value is -1.85. The largest absolute Gasteiger partial charge is 0.480 e. The van der Waals surface area contributed by atoms with Crippen LogP contribution >= 0.6 is 0 Å². The van der Waals surface area contributed by atoms with Gasteiger partial charge in [-0.1, -0.05) is 33.6 Å². The Kier molecular flexibility index (Phi) is 3.83. The van der Waals surface area contributed by atoms with Crippen molar-refractivity contribution in [2.75, 3.05) is 0 Å². The van der Waals surface area contributed by atoms with E-state index in [1.54, 1.807) is 6.07 Å². The van der Waals surface area contributed by atoms with E-state index >= 15 is 0 Å². The molecule has 0 radical (unpaired) electrons. The molecule has 2 rings (SSSR count). The first-order valence-electron chi connectivity index (χ1n) is 6.87. The van der Waals surface area contributed by atoms with Crippen molar-refractivity contribution >= 4 is 11.9 Å². The summed E-state index contributed by atoms with van der Waals surface area (Å²) in [4.78, 5) is 23.2. The number of aromatic nitrogens is 2. The zero-order valence-corrected chi connectivity index (χ0v) is 12.1. The van der Waals surface area contributed by atoms with Gasteiger partial charge in [0.25, 0.3) is 5.91 Å². The van der Waals surface area contributed by atoms with E-state index in [0.29, 0.717) is 12.3 Å². The quantitative estimate of drug-likeness (QED) is 0.764. The number of carbonyl (C=O) groups excluding carboxylic acids is 1. The van der Waals surface area contributed by atoms with Crippen molar-refractivity contribution in [2.24, 2.45) is 5.92 Å². The van der Waals surface area contributed by atoms with Gasteiger partial charge in [-0.2, -0.15) is 5.10 Å². The summed E-state index contributed by atoms with van der Waals surface area (Å²) in [5, 5.41) is 18.5. The molecule has 1 unspecified atom stereocenters. The third kappa shape index (κ3) is 3.59. The fourth-order valence-electron chi connectivity index (χ4n) is 1.96. The maximum absolute atomic E-state index is 12.0. The minimum Gasteiger partial charge on any atom is -0.480 e. The van der Waals surface area contributed by atoms with Crippen LogP contribution in [0.4, 0.5) is 0 Å². The van der Waals surface area contributed by atoms with Crippen molar-refractivity contribution in [1.29, 1.82) is 0 Å². The maximum atomic E-state index is 12.0. The Bertz CT molecular complexity index is 512. The molecule has 0 aliphatic heterocycles. The van der Waals surface area contributed by atoms with Gasteiger partial charge in [0, 0.05) is 11.1 Å². The number of nitrogens with one attached hydrogen (secondary N) is 2. The topological polar surface area (TPSA) is 95.1 Å². The molecule has 0 spiro atoms. The van der Waals surface area contributed by atoms with Crippen LogP contribution in [0.15, 0.2) is 6.07 Å². The molecule has 1 atom stereocenters. The first-order valence-corrected chi connectivity index (χ1v) is 6.87. The number of aromatic amines is 1. The fourth-order valence-corrected chi connectivity index (χ4v) is 1.96. The highest BCUT2D eigenvalue weighted by Gasteiger charge is 2.31. The van der Waals surface area contributed by atoms with E-state index < -0.39 is 17.9 Å². The number of aliphatic carboxylic acids is 1. The monoisotopic (exact) mass is 279 g/mol. The molecule has 1 saturated carbocycles. The van der Waals surface area contributed by atoms with Gasteiger partial charge >= 0.3 is 5.97 Å². The molecule has 0 aromatic carbocycles. The Morgan fingerprint density at radius 2 is 2.15 bits per heavy atom. The van der Waals surface area contributed by atoms with Crippen LogP contribution in [0.2, 0.25) is 0 Å². The predicted molar refractivity (Wildman–Crippen MR) is 73.5 cm³/mol. The van der Waals surface area contributed by atoms with Gasteiger partial charge in [-0.15, -0.1) is 0 Å². The Morgan fingerprint density at radius 1 is 1.50 bits per heavy atom. The average molecular weight is 279 g/mol. The summed E-state index contributed by atoms with van der Waals surface area (Å²) in [6.45, 7) is 6.03. The van der Waals surface area contributed by atoms with Crippen LogP contribution in [-0.2, 0) is 10.2 Å². The first kappa shape index (κ1) is 14.6. The highest BCUT2D eigenvalue weighted by molar-refractivity contribution is 5.95. The van der Waals surface area contributed by atoms with E-state index in [-0.39, 0.29) is 11.1 Å². The lowest BCUT2D eigenvalue weighted by Crippen LogP contribution is -2.41. The van der Waals surface area contributed by atoms with E-state index in [0.717, 1.165) is 18.5 Å². The lowest BCUT2D eigenvalue weighted by molar-refractivity contribution is -0.139. The minimum absolute atomic E-state index is 0.133. The summed E-state index contributed by atoms with van der Waals surface area (Å²) in [5.74, 6) is -0.998. The summed E-state index contributed by atoms with van der Waals surface area (Å²) in [7, 11) is 0. The molecule has 1 aliphatic rings. The summed E-state index contributed by atoms with van der Waals surface area (Å²) in [6.07, 6.45) is 2.60. The van der Waals surface area contributed by atoms with Gasteiger partial charge < -0.3 is 10.4 Å². The van der Waals surface area contributed by atoms with Crippen molar-refractivity contribution in [3.05, 3.63) is 17.5 Å². The molecule has 6 heteroatoms. The Labute approximate surface area is 118 Å². The number of nitrogens with zero attached hydrogens (tertiary/aromatic N) is 1. The number of H-pyrrole nitrogens is 1. The van der Waals surface area contributed by atoms with Crippen molar-refractivity contribution in [2.45, 2.75) is 51.5 Å². The van der Waals surface area contributed by atoms with Gasteiger partial charge in [-0.3, -0.25) is 9.89 Å². The van der Waals surface area contributed by atoms with Crippen LogP contribution < -0.4 is 5.32 Å². The molecule has 0 saturated heterocycles. The summed E-state index contributed by atoms with van der Waals surface area (Å²) < 4.78 is 0. The third-order valence-corrected chi connectivity index (χ3v) is 3.49. The van der Waals surface area contributed by atoms with Crippen LogP contribution in [0.3, 0.4) is 0 Å². The molecule has 1 fully saturated rings. The molecule has 6 nitrogen and oxygen atoms in total. The maximum Gasteiger partial charge on any atom is 0.326 e. The van der Waals surface area contributed by atoms with Crippen molar-refractivity contribution in [3.63, 3.8) is 0 Å². The molecule has 1 heterocycles. The zero-order chi connectivity index (χ0) is 14.9. The van der Waals surface area contributed by atoms with Gasteiger partial charge in [0.15, 0.2) is 0 Å². The molecule has 1 aromatic heterocycles. The first-order chi connectivity index (χ1) is 9.27. The molecule has 3 N–H and O–H groups in total. The average Bonchev–Trinajstić information content (AvgIpc) is 2.99. The highest BCUT2D eigenvalue weighted by Crippen LogP contribution is 2.33. The Balaban J connectivity index is 2.02. The second kappa shape index (κ2) is 5.26. The van der Waals surface area contributed by atoms with Gasteiger partial charge in [0.1, 0.15) is 11.7 Å². The summed E-state index contributed by atoms with van der Waals surface area (Å²) in [5.41, 5.74) is 0.944. The zero-order valence-electron chi connectivity index (χ0n) is 12.1. The normalized spacial score (nSPS) is 16.8. The lowest BCUT2D eigenvalue weighted by Gasteiger charge is -2.15. The molecule has 0 bridgehead atoms. The SMILES string of the molecule is CC(C)(C)c1cc(C(=O)NC(CC2CC2)C(=O)O)n[nH]1. The summed E-state index contributed by atoms with van der Waals surface area (Å²) >= 11 is 0. The minimum atomic E-state index is -0.989. The number of amides is 1. The van der Waals surface area contributed by atoms with Gasteiger partial charge in [0.2, 0.25) is 0 Å². The van der Waals surface area contributed by atoms with Gasteiger partial charge in [-0.25, -0.2) is 4.79 Å². The summed E-state index contributed by atoms with van der Waals surface area (Å²) in [6, 6.07) is 0.843. The third-order valence-electron chi connectivity index (χ3n) is 3.49. The Morgan fingerprint density at radius 3 is 2.60 bits per heavy atom. The molecule has 1 aliphatic carbocycles. The van der Waals surface area contributed by atoms with E-state index in [2.05, 4.69) is 15.5 Å². The van der Waals surface area contributed by atoms with Gasteiger partial charge in [0.05, 0.1) is 0 Å². The van der Waals surface area contributed by atoms with E-state index in [4.69, 9.17) is 5.11 Å². The fraction of sp³-hybridized carbons (Fsp3) is 0.643. The van der Waals surface area contributed by atoms with Crippen LogP contribution in [0.5, 0.6) is 0 Å². The van der Waals surface area contributed by atoms with Crippen molar-refractivity contribution in [3.8, 4) is 0 Å². The molecule has 1 aromatic rings. The molecule has 1 amide bonds. The predicted octanol–water partition coefficient (Wildman–Crippen LogP) is 1.69. The number of carbonyl (C=O) groups is 2. The number of hydrogen-bond acceptors (Lipinski definition) is 3. The van der Waals surface area contributed by atoms with Crippen molar-refractivity contribution in [1.82, 2.24) is 15.5 Å². The van der Waals surface area contributed by atoms with E-state index in [9.17, 15) is 9.59 Å². The lowest BCUT2D eigenvalue weighted by atomic mass is 9.92. The standard InChI is InChI=1S/C14H21N3O3/c1-14(2,3)11-7-9(16-17-11)12(18)15-10(13(19)20)6-8-4-5-8/h7-8,10H,4-6H2,1-3H3,(H,15,18)(H,16,17)(H,19,20). The second-order valence-corrected chi connectivity index (χ2v) is 6.46. The van der Waals surface area contributed by atoms with Gasteiger partial charge in [-0.05, 0) is 18.4 Å². The smallest absolute Gasteiger partial charge is 0.326 e. The second-order valence-electron chi connectivity index (χ2n) is 6.46. The molecule has 110 valence electrons. The molecular weight excluding hydrogens is 258 g/mol. The van der Waals surface area contributed by atoms with Crippen LogP contribution in [-0.4, -0.2) is 33.2 Å². The number of carboxylic acids is 1. The number of carboxylic acid groups (broad SMARTS) is 1. The number of rotatable bonds is 5. The van der Waals surface area contributed by atoms with Crippen LogP contribution in [0, 0.1) is 5.92 Å². The number of hydrogen-bond donors (Lipinski definition) is 3. The highest BCUT2D eigenvalue weighted by atomic mass is 16.4. The van der Waals surface area contributed by atoms with Crippen LogP contribution in [0.1, 0.15) is 56.2 Å². The molecule has 20 heavy (non-hydrogen) atoms. The van der Waals surface area contributed by atoms with E-state index in [1.807, 2.05) is 20.8 Å². The molecular formula is C14H21N3O3. The van der Waals surface area contributed by atoms with Crippen molar-refractivity contribution < 1.29 is 14.7 Å². The van der Waals surface area contributed by atoms with E-state index in [1.165, 1.54) is 0 Å².